The summed E-state index contributed by atoms with van der Waals surface area (Å²) >= 11 is 3.35. The van der Waals surface area contributed by atoms with Crippen molar-refractivity contribution in [1.29, 1.82) is 5.41 Å². The monoisotopic (exact) mass is 322 g/mol. The minimum absolute atomic E-state index is 0.00937. The molecular formula is C14H12BrFN2O. The number of rotatable bonds is 3. The maximum Gasteiger partial charge on any atom is 0.141 e. The van der Waals surface area contributed by atoms with E-state index < -0.39 is 0 Å². The normalized spacial score (nSPS) is 10.3. The van der Waals surface area contributed by atoms with Crippen LogP contribution >= 0.6 is 15.9 Å². The Morgan fingerprint density at radius 1 is 1.26 bits per heavy atom. The van der Waals surface area contributed by atoms with E-state index in [4.69, 9.17) is 15.9 Å². The Bertz CT molecular complexity index is 643. The second-order valence-electron chi connectivity index (χ2n) is 4.07. The number of aryl methyl sites for hydroxylation is 1. The third-order valence-electron chi connectivity index (χ3n) is 2.60. The topological polar surface area (TPSA) is 59.1 Å². The van der Waals surface area contributed by atoms with Crippen LogP contribution in [-0.2, 0) is 0 Å². The van der Waals surface area contributed by atoms with E-state index in [2.05, 4.69) is 15.9 Å². The second kappa shape index (κ2) is 5.40. The van der Waals surface area contributed by atoms with Gasteiger partial charge in [0, 0.05) is 5.56 Å². The van der Waals surface area contributed by atoms with Crippen LogP contribution in [0.1, 0.15) is 11.1 Å². The zero-order chi connectivity index (χ0) is 14.0. The second-order valence-corrected chi connectivity index (χ2v) is 4.93. The molecule has 0 unspecified atom stereocenters. The molecule has 5 heteroatoms. The Hall–Kier alpha value is -1.88. The zero-order valence-electron chi connectivity index (χ0n) is 10.2. The summed E-state index contributed by atoms with van der Waals surface area (Å²) in [6, 6.07) is 9.66. The van der Waals surface area contributed by atoms with Gasteiger partial charge in [0.05, 0.1) is 4.47 Å². The molecule has 0 fully saturated rings. The van der Waals surface area contributed by atoms with Crippen LogP contribution in [0.4, 0.5) is 4.39 Å². The molecule has 0 aliphatic heterocycles. The SMILES string of the molecule is Cc1cc(Oc2ccc(C(=N)N)cc2Br)ccc1F. The van der Waals surface area contributed by atoms with Gasteiger partial charge in [-0.05, 0) is 64.8 Å². The summed E-state index contributed by atoms with van der Waals surface area (Å²) in [6.45, 7) is 1.68. The van der Waals surface area contributed by atoms with Gasteiger partial charge in [-0.25, -0.2) is 4.39 Å². The fourth-order valence-electron chi connectivity index (χ4n) is 1.56. The summed E-state index contributed by atoms with van der Waals surface area (Å²) in [7, 11) is 0. The van der Waals surface area contributed by atoms with Gasteiger partial charge >= 0.3 is 0 Å². The lowest BCUT2D eigenvalue weighted by atomic mass is 10.2. The van der Waals surface area contributed by atoms with Gasteiger partial charge in [-0.2, -0.15) is 0 Å². The first-order chi connectivity index (χ1) is 8.97. The highest BCUT2D eigenvalue weighted by atomic mass is 79.9. The molecule has 0 bridgehead atoms. The van der Waals surface area contributed by atoms with Crippen LogP contribution in [0.5, 0.6) is 11.5 Å². The zero-order valence-corrected chi connectivity index (χ0v) is 11.8. The molecule has 19 heavy (non-hydrogen) atoms. The maximum absolute atomic E-state index is 13.2. The third kappa shape index (κ3) is 3.12. The first-order valence-corrected chi connectivity index (χ1v) is 6.34. The van der Waals surface area contributed by atoms with Crippen molar-refractivity contribution < 1.29 is 9.13 Å². The van der Waals surface area contributed by atoms with Gasteiger partial charge in [0.2, 0.25) is 0 Å². The smallest absolute Gasteiger partial charge is 0.141 e. The van der Waals surface area contributed by atoms with E-state index in [1.165, 1.54) is 6.07 Å². The molecule has 0 atom stereocenters. The molecule has 0 radical (unpaired) electrons. The molecular weight excluding hydrogens is 311 g/mol. The Labute approximate surface area is 118 Å². The lowest BCUT2D eigenvalue weighted by Crippen LogP contribution is -2.10. The number of amidine groups is 1. The first kappa shape index (κ1) is 13.5. The standard InChI is InChI=1S/C14H12BrFN2O/c1-8-6-10(3-4-12(8)16)19-13-5-2-9(14(17)18)7-11(13)15/h2-7H,1H3,(H3,17,18). The predicted molar refractivity (Wildman–Crippen MR) is 76.4 cm³/mol. The molecule has 3 nitrogen and oxygen atoms in total. The minimum Gasteiger partial charge on any atom is -0.456 e. The molecule has 0 spiro atoms. The number of nitrogens with two attached hydrogens (primary N) is 1. The van der Waals surface area contributed by atoms with Crippen molar-refractivity contribution in [1.82, 2.24) is 0 Å². The summed E-state index contributed by atoms with van der Waals surface area (Å²) in [6.07, 6.45) is 0. The highest BCUT2D eigenvalue weighted by Crippen LogP contribution is 2.31. The molecule has 0 amide bonds. The summed E-state index contributed by atoms with van der Waals surface area (Å²) in [5.41, 5.74) is 6.53. The van der Waals surface area contributed by atoms with E-state index in [-0.39, 0.29) is 11.7 Å². The number of nitrogens with one attached hydrogen (secondary N) is 1. The third-order valence-corrected chi connectivity index (χ3v) is 3.22. The van der Waals surface area contributed by atoms with Gasteiger partial charge in [0.1, 0.15) is 23.2 Å². The van der Waals surface area contributed by atoms with Crippen LogP contribution < -0.4 is 10.5 Å². The molecule has 0 aromatic heterocycles. The summed E-state index contributed by atoms with van der Waals surface area (Å²) in [5, 5.41) is 7.35. The van der Waals surface area contributed by atoms with Gasteiger partial charge in [-0.15, -0.1) is 0 Å². The van der Waals surface area contributed by atoms with E-state index in [1.807, 2.05) is 0 Å². The number of benzene rings is 2. The number of halogens is 2. The molecule has 0 saturated carbocycles. The van der Waals surface area contributed by atoms with Crippen molar-refractivity contribution in [3.63, 3.8) is 0 Å². The minimum atomic E-state index is -0.265. The number of nitrogen functional groups attached to an aromatic ring is 1. The Kier molecular flexibility index (Phi) is 3.85. The van der Waals surface area contributed by atoms with E-state index in [9.17, 15) is 4.39 Å². The lowest BCUT2D eigenvalue weighted by Gasteiger charge is -2.10. The molecule has 2 aromatic carbocycles. The van der Waals surface area contributed by atoms with Crippen molar-refractivity contribution >= 4 is 21.8 Å². The van der Waals surface area contributed by atoms with Crippen molar-refractivity contribution in [3.8, 4) is 11.5 Å². The molecule has 98 valence electrons. The van der Waals surface area contributed by atoms with Crippen LogP contribution in [0.2, 0.25) is 0 Å². The summed E-state index contributed by atoms with van der Waals surface area (Å²) < 4.78 is 19.5. The highest BCUT2D eigenvalue weighted by molar-refractivity contribution is 9.10. The van der Waals surface area contributed by atoms with E-state index in [0.717, 1.165) is 0 Å². The number of hydrogen-bond donors (Lipinski definition) is 2. The van der Waals surface area contributed by atoms with Crippen LogP contribution in [0.25, 0.3) is 0 Å². The molecule has 0 aliphatic rings. The molecule has 2 aromatic rings. The maximum atomic E-state index is 13.2. The fourth-order valence-corrected chi connectivity index (χ4v) is 2.02. The number of ether oxygens (including phenoxy) is 1. The first-order valence-electron chi connectivity index (χ1n) is 5.55. The summed E-state index contributed by atoms with van der Waals surface area (Å²) in [5.74, 6) is 0.856. The van der Waals surface area contributed by atoms with Gasteiger partial charge < -0.3 is 10.5 Å². The number of hydrogen-bond acceptors (Lipinski definition) is 2. The Morgan fingerprint density at radius 2 is 2.00 bits per heavy atom. The van der Waals surface area contributed by atoms with Crippen LogP contribution in [0, 0.1) is 18.2 Å². The van der Waals surface area contributed by atoms with Crippen LogP contribution in [-0.4, -0.2) is 5.84 Å². The van der Waals surface area contributed by atoms with Gasteiger partial charge in [-0.3, -0.25) is 5.41 Å². The van der Waals surface area contributed by atoms with Gasteiger partial charge in [0.15, 0.2) is 0 Å². The average Bonchev–Trinajstić information content (AvgIpc) is 2.36. The highest BCUT2D eigenvalue weighted by Gasteiger charge is 2.07. The molecule has 0 heterocycles. The quantitative estimate of drug-likeness (QED) is 0.663. The predicted octanol–water partition coefficient (Wildman–Crippen LogP) is 3.97. The average molecular weight is 323 g/mol. The Morgan fingerprint density at radius 3 is 2.58 bits per heavy atom. The Balaban J connectivity index is 2.28. The molecule has 2 rings (SSSR count). The largest absolute Gasteiger partial charge is 0.456 e. The van der Waals surface area contributed by atoms with Crippen molar-refractivity contribution in [2.24, 2.45) is 5.73 Å². The van der Waals surface area contributed by atoms with E-state index in [1.54, 1.807) is 37.3 Å². The van der Waals surface area contributed by atoms with Gasteiger partial charge in [0.25, 0.3) is 0 Å². The van der Waals surface area contributed by atoms with Crippen LogP contribution in [0.15, 0.2) is 40.9 Å². The molecule has 3 N–H and O–H groups in total. The molecule has 0 saturated heterocycles. The van der Waals surface area contributed by atoms with Crippen molar-refractivity contribution in [3.05, 3.63) is 57.8 Å². The summed E-state index contributed by atoms with van der Waals surface area (Å²) in [4.78, 5) is 0. The lowest BCUT2D eigenvalue weighted by molar-refractivity contribution is 0.476. The van der Waals surface area contributed by atoms with Crippen molar-refractivity contribution in [2.75, 3.05) is 0 Å². The van der Waals surface area contributed by atoms with E-state index >= 15 is 0 Å². The van der Waals surface area contributed by atoms with Crippen LogP contribution in [0.3, 0.4) is 0 Å². The van der Waals surface area contributed by atoms with Gasteiger partial charge in [-0.1, -0.05) is 0 Å². The van der Waals surface area contributed by atoms with Crippen molar-refractivity contribution in [2.45, 2.75) is 6.92 Å². The fraction of sp³-hybridized carbons (Fsp3) is 0.0714. The molecule has 0 aliphatic carbocycles. The van der Waals surface area contributed by atoms with E-state index in [0.29, 0.717) is 27.1 Å².